The normalized spacial score (nSPS) is 11.9. The minimum absolute atomic E-state index is 0.307. The van der Waals surface area contributed by atoms with Gasteiger partial charge in [-0.1, -0.05) is 60.3 Å². The Bertz CT molecular complexity index is 851. The molecule has 0 fully saturated rings. The predicted octanol–water partition coefficient (Wildman–Crippen LogP) is 3.37. The number of thioether (sulfide) groups is 1. The summed E-state index contributed by atoms with van der Waals surface area (Å²) in [5.74, 6) is -0.307. The van der Waals surface area contributed by atoms with E-state index in [2.05, 4.69) is 15.5 Å². The number of para-hydroxylation sites is 1. The molecule has 0 amide bonds. The molecular weight excluding hydrogens is 336 g/mol. The molecule has 1 atom stereocenters. The zero-order valence-electron chi connectivity index (χ0n) is 14.0. The molecule has 3 aromatic rings. The number of carbonyl (C=O) groups excluding carboxylic acids is 1. The van der Waals surface area contributed by atoms with Crippen molar-refractivity contribution in [2.45, 2.75) is 24.3 Å². The van der Waals surface area contributed by atoms with Gasteiger partial charge in [-0.05, 0) is 41.5 Å². The third-order valence-electron chi connectivity index (χ3n) is 3.61. The van der Waals surface area contributed by atoms with Crippen LogP contribution in [0.1, 0.15) is 23.3 Å². The van der Waals surface area contributed by atoms with Crippen molar-refractivity contribution in [1.82, 2.24) is 20.2 Å². The van der Waals surface area contributed by atoms with Crippen LogP contribution in [0, 0.1) is 6.92 Å². The summed E-state index contributed by atoms with van der Waals surface area (Å²) in [6, 6.07) is 17.3. The molecule has 7 heteroatoms. The maximum atomic E-state index is 12.5. The smallest absolute Gasteiger partial charge is 0.324 e. The monoisotopic (exact) mass is 354 g/mol. The lowest BCUT2D eigenvalue weighted by molar-refractivity contribution is -0.142. The molecular formula is C18H18N4O2S. The fourth-order valence-electron chi connectivity index (χ4n) is 2.41. The fourth-order valence-corrected chi connectivity index (χ4v) is 3.39. The average molecular weight is 354 g/mol. The van der Waals surface area contributed by atoms with Gasteiger partial charge >= 0.3 is 5.97 Å². The van der Waals surface area contributed by atoms with Crippen molar-refractivity contribution >= 4 is 17.7 Å². The Kier molecular flexibility index (Phi) is 5.45. The number of hydrogen-bond acceptors (Lipinski definition) is 6. The standard InChI is InChI=1S/C18H18N4O2S/c1-3-24-17(23)16(14-10-5-4-6-11-14)25-18-19-20-21-22(18)15-12-8-7-9-13(15)2/h4-12,16H,3H2,1-2H3/t16-/m1/s1. The van der Waals surface area contributed by atoms with Crippen molar-refractivity contribution in [3.63, 3.8) is 0 Å². The van der Waals surface area contributed by atoms with Crippen molar-refractivity contribution in [3.05, 3.63) is 65.7 Å². The Morgan fingerprint density at radius 3 is 2.60 bits per heavy atom. The van der Waals surface area contributed by atoms with Crippen LogP contribution >= 0.6 is 11.8 Å². The van der Waals surface area contributed by atoms with Gasteiger partial charge in [0, 0.05) is 0 Å². The van der Waals surface area contributed by atoms with Gasteiger partial charge in [0.1, 0.15) is 5.25 Å². The van der Waals surface area contributed by atoms with Crippen LogP contribution in [0.25, 0.3) is 5.69 Å². The molecule has 128 valence electrons. The van der Waals surface area contributed by atoms with Gasteiger partial charge in [0.05, 0.1) is 12.3 Å². The lowest BCUT2D eigenvalue weighted by Gasteiger charge is -2.15. The first-order valence-corrected chi connectivity index (χ1v) is 8.81. The molecule has 0 aliphatic rings. The van der Waals surface area contributed by atoms with Gasteiger partial charge in [0.15, 0.2) is 0 Å². The number of esters is 1. The summed E-state index contributed by atoms with van der Waals surface area (Å²) in [5, 5.41) is 12.0. The van der Waals surface area contributed by atoms with Crippen LogP contribution in [0.15, 0.2) is 59.8 Å². The second kappa shape index (κ2) is 7.94. The van der Waals surface area contributed by atoms with E-state index >= 15 is 0 Å². The Labute approximate surface area is 150 Å². The van der Waals surface area contributed by atoms with Crippen LogP contribution in [-0.4, -0.2) is 32.8 Å². The van der Waals surface area contributed by atoms with E-state index in [0.717, 1.165) is 16.8 Å². The van der Waals surface area contributed by atoms with Gasteiger partial charge in [-0.3, -0.25) is 4.79 Å². The van der Waals surface area contributed by atoms with Crippen molar-refractivity contribution in [2.75, 3.05) is 6.61 Å². The molecule has 6 nitrogen and oxygen atoms in total. The average Bonchev–Trinajstić information content (AvgIpc) is 3.09. The third kappa shape index (κ3) is 3.88. The van der Waals surface area contributed by atoms with Crippen molar-refractivity contribution in [2.24, 2.45) is 0 Å². The van der Waals surface area contributed by atoms with Crippen LogP contribution < -0.4 is 0 Å². The summed E-state index contributed by atoms with van der Waals surface area (Å²) >= 11 is 1.28. The molecule has 0 saturated carbocycles. The molecule has 0 aliphatic heterocycles. The largest absolute Gasteiger partial charge is 0.465 e. The van der Waals surface area contributed by atoms with Crippen molar-refractivity contribution in [1.29, 1.82) is 0 Å². The van der Waals surface area contributed by atoms with E-state index in [1.54, 1.807) is 11.6 Å². The minimum atomic E-state index is -0.532. The van der Waals surface area contributed by atoms with E-state index in [1.807, 2.05) is 61.5 Å². The fraction of sp³-hybridized carbons (Fsp3) is 0.222. The van der Waals surface area contributed by atoms with Gasteiger partial charge in [0.2, 0.25) is 5.16 Å². The van der Waals surface area contributed by atoms with Crippen molar-refractivity contribution < 1.29 is 9.53 Å². The summed E-state index contributed by atoms with van der Waals surface area (Å²) in [5.41, 5.74) is 2.78. The van der Waals surface area contributed by atoms with Gasteiger partial charge in [-0.25, -0.2) is 0 Å². The number of tetrazole rings is 1. The molecule has 0 spiro atoms. The lowest BCUT2D eigenvalue weighted by Crippen LogP contribution is -2.14. The van der Waals surface area contributed by atoms with Gasteiger partial charge in [-0.2, -0.15) is 4.68 Å². The molecule has 1 heterocycles. The second-order valence-electron chi connectivity index (χ2n) is 5.32. The number of carbonyl (C=O) groups is 1. The number of benzene rings is 2. The molecule has 0 aliphatic carbocycles. The Balaban J connectivity index is 1.95. The highest BCUT2D eigenvalue weighted by Gasteiger charge is 2.26. The number of hydrogen-bond donors (Lipinski definition) is 0. The SMILES string of the molecule is CCOC(=O)[C@H](Sc1nnnn1-c1ccccc1C)c1ccccc1. The third-order valence-corrected chi connectivity index (χ3v) is 4.78. The highest BCUT2D eigenvalue weighted by atomic mass is 32.2. The molecule has 0 N–H and O–H groups in total. The molecule has 0 radical (unpaired) electrons. The summed E-state index contributed by atoms with van der Waals surface area (Å²) in [4.78, 5) is 12.5. The minimum Gasteiger partial charge on any atom is -0.465 e. The first-order valence-electron chi connectivity index (χ1n) is 7.93. The van der Waals surface area contributed by atoms with E-state index in [1.165, 1.54) is 11.8 Å². The first kappa shape index (κ1) is 17.2. The highest BCUT2D eigenvalue weighted by Crippen LogP contribution is 2.35. The lowest BCUT2D eigenvalue weighted by atomic mass is 10.1. The van der Waals surface area contributed by atoms with E-state index in [-0.39, 0.29) is 5.97 Å². The van der Waals surface area contributed by atoms with Crippen LogP contribution in [0.4, 0.5) is 0 Å². The van der Waals surface area contributed by atoms with E-state index in [0.29, 0.717) is 11.8 Å². The van der Waals surface area contributed by atoms with Crippen LogP contribution in [0.2, 0.25) is 0 Å². The molecule has 25 heavy (non-hydrogen) atoms. The zero-order chi connectivity index (χ0) is 17.6. The maximum absolute atomic E-state index is 12.5. The molecule has 0 saturated heterocycles. The molecule has 0 bridgehead atoms. The van der Waals surface area contributed by atoms with Crippen LogP contribution in [0.3, 0.4) is 0 Å². The number of ether oxygens (including phenoxy) is 1. The highest BCUT2D eigenvalue weighted by molar-refractivity contribution is 8.00. The van der Waals surface area contributed by atoms with Gasteiger partial charge in [-0.15, -0.1) is 5.10 Å². The van der Waals surface area contributed by atoms with E-state index in [4.69, 9.17) is 4.74 Å². The number of aromatic nitrogens is 4. The summed E-state index contributed by atoms with van der Waals surface area (Å²) < 4.78 is 6.89. The number of aryl methyl sites for hydroxylation is 1. The quantitative estimate of drug-likeness (QED) is 0.499. The summed E-state index contributed by atoms with van der Waals surface area (Å²) in [7, 11) is 0. The summed E-state index contributed by atoms with van der Waals surface area (Å²) in [6.45, 7) is 4.11. The maximum Gasteiger partial charge on any atom is 0.324 e. The molecule has 1 aromatic heterocycles. The molecule has 2 aromatic carbocycles. The zero-order valence-corrected chi connectivity index (χ0v) is 14.8. The second-order valence-corrected chi connectivity index (χ2v) is 6.39. The van der Waals surface area contributed by atoms with Gasteiger partial charge in [0.25, 0.3) is 0 Å². The Hall–Kier alpha value is -2.67. The van der Waals surface area contributed by atoms with E-state index < -0.39 is 5.25 Å². The van der Waals surface area contributed by atoms with Gasteiger partial charge < -0.3 is 4.74 Å². The van der Waals surface area contributed by atoms with Crippen molar-refractivity contribution in [3.8, 4) is 5.69 Å². The van der Waals surface area contributed by atoms with Crippen LogP contribution in [-0.2, 0) is 9.53 Å². The predicted molar refractivity (Wildman–Crippen MR) is 95.6 cm³/mol. The van der Waals surface area contributed by atoms with Crippen LogP contribution in [0.5, 0.6) is 0 Å². The van der Waals surface area contributed by atoms with E-state index in [9.17, 15) is 4.79 Å². The molecule has 0 unspecified atom stereocenters. The Morgan fingerprint density at radius 2 is 1.88 bits per heavy atom. The Morgan fingerprint density at radius 1 is 1.16 bits per heavy atom. The number of rotatable bonds is 6. The first-order chi connectivity index (χ1) is 12.2. The molecule has 3 rings (SSSR count). The number of nitrogens with zero attached hydrogens (tertiary/aromatic N) is 4. The summed E-state index contributed by atoms with van der Waals surface area (Å²) in [6.07, 6.45) is 0. The topological polar surface area (TPSA) is 69.9 Å².